The van der Waals surface area contributed by atoms with Crippen LogP contribution in [0.4, 0.5) is 4.79 Å². The van der Waals surface area contributed by atoms with Gasteiger partial charge in [-0.05, 0) is 43.9 Å². The molecule has 3 rings (SSSR count). The van der Waals surface area contributed by atoms with E-state index in [4.69, 9.17) is 14.6 Å². The van der Waals surface area contributed by atoms with Gasteiger partial charge in [-0.2, -0.15) is 5.10 Å². The van der Waals surface area contributed by atoms with Crippen LogP contribution in [0.15, 0.2) is 23.3 Å². The van der Waals surface area contributed by atoms with Crippen molar-refractivity contribution in [3.63, 3.8) is 0 Å². The molecular formula is C20H29N3O3S. The normalized spacial score (nSPS) is 21.9. The van der Waals surface area contributed by atoms with Crippen LogP contribution in [0.2, 0.25) is 0 Å². The maximum atomic E-state index is 12.8. The number of hydrogen-bond acceptors (Lipinski definition) is 6. The fraction of sp³-hybridized carbons (Fsp3) is 0.600. The molecule has 0 spiro atoms. The second-order valence-corrected chi connectivity index (χ2v) is 7.97. The highest BCUT2D eigenvalue weighted by Gasteiger charge is 2.36. The maximum absolute atomic E-state index is 12.8. The zero-order chi connectivity index (χ0) is 19.4. The Morgan fingerprint density at radius 1 is 1.19 bits per heavy atom. The van der Waals surface area contributed by atoms with Gasteiger partial charge in [0, 0.05) is 18.7 Å². The molecule has 2 unspecified atom stereocenters. The van der Waals surface area contributed by atoms with E-state index in [0.29, 0.717) is 11.5 Å². The minimum Gasteiger partial charge on any atom is -0.493 e. The third kappa shape index (κ3) is 4.09. The lowest BCUT2D eigenvalue weighted by Gasteiger charge is -2.37. The fourth-order valence-electron chi connectivity index (χ4n) is 3.78. The number of hydrazone groups is 1. The van der Waals surface area contributed by atoms with Crippen molar-refractivity contribution in [3.8, 4) is 11.5 Å². The van der Waals surface area contributed by atoms with Crippen molar-refractivity contribution >= 4 is 22.7 Å². The SMILES string of the molecule is CCC1SC(=O)N(C(CC)N2CCCC2)N=C1c1ccc(OC)c(OC)c1. The van der Waals surface area contributed by atoms with Crippen molar-refractivity contribution in [1.82, 2.24) is 9.91 Å². The summed E-state index contributed by atoms with van der Waals surface area (Å²) < 4.78 is 10.8. The van der Waals surface area contributed by atoms with E-state index in [1.165, 1.54) is 24.6 Å². The van der Waals surface area contributed by atoms with Gasteiger partial charge in [0.1, 0.15) is 6.17 Å². The lowest BCUT2D eigenvalue weighted by Crippen LogP contribution is -2.49. The van der Waals surface area contributed by atoms with Crippen molar-refractivity contribution in [2.75, 3.05) is 27.3 Å². The minimum absolute atomic E-state index is 0.0282. The molecule has 0 N–H and O–H groups in total. The Hall–Kier alpha value is -1.73. The zero-order valence-corrected chi connectivity index (χ0v) is 17.4. The fourth-order valence-corrected chi connectivity index (χ4v) is 4.76. The number of thioether (sulfide) groups is 1. The second-order valence-electron chi connectivity index (χ2n) is 6.81. The van der Waals surface area contributed by atoms with Gasteiger partial charge in [0.15, 0.2) is 11.5 Å². The highest BCUT2D eigenvalue weighted by molar-refractivity contribution is 8.14. The van der Waals surface area contributed by atoms with Gasteiger partial charge >= 0.3 is 5.24 Å². The van der Waals surface area contributed by atoms with Crippen LogP contribution >= 0.6 is 11.8 Å². The third-order valence-electron chi connectivity index (χ3n) is 5.21. The largest absolute Gasteiger partial charge is 0.493 e. The molecule has 0 radical (unpaired) electrons. The average Bonchev–Trinajstić information content (AvgIpc) is 3.23. The Kier molecular flexibility index (Phi) is 6.65. The number of hydrogen-bond donors (Lipinski definition) is 0. The third-order valence-corrected chi connectivity index (χ3v) is 6.44. The lowest BCUT2D eigenvalue weighted by atomic mass is 10.0. The van der Waals surface area contributed by atoms with Crippen LogP contribution < -0.4 is 9.47 Å². The van der Waals surface area contributed by atoms with Crippen molar-refractivity contribution in [2.24, 2.45) is 5.10 Å². The van der Waals surface area contributed by atoms with Gasteiger partial charge in [-0.15, -0.1) is 0 Å². The number of likely N-dealkylation sites (tertiary alicyclic amines) is 1. The first-order valence-corrected chi connectivity index (χ1v) is 10.6. The molecule has 1 fully saturated rings. The number of nitrogens with zero attached hydrogens (tertiary/aromatic N) is 3. The molecule has 148 valence electrons. The van der Waals surface area contributed by atoms with Gasteiger partial charge in [0.05, 0.1) is 25.2 Å². The number of carbonyl (C=O) groups excluding carboxylic acids is 1. The number of amides is 1. The highest BCUT2D eigenvalue weighted by atomic mass is 32.2. The summed E-state index contributed by atoms with van der Waals surface area (Å²) in [5.74, 6) is 1.36. The molecule has 1 aromatic rings. The first-order valence-electron chi connectivity index (χ1n) is 9.67. The molecular weight excluding hydrogens is 362 g/mol. The first kappa shape index (κ1) is 20.0. The summed E-state index contributed by atoms with van der Waals surface area (Å²) in [6.45, 7) is 6.28. The molecule has 0 aliphatic carbocycles. The minimum atomic E-state index is 0.0282. The second kappa shape index (κ2) is 8.97. The lowest BCUT2D eigenvalue weighted by molar-refractivity contribution is 0.0925. The van der Waals surface area contributed by atoms with Crippen LogP contribution in [0.5, 0.6) is 11.5 Å². The van der Waals surface area contributed by atoms with Gasteiger partial charge in [0.2, 0.25) is 0 Å². The standard InChI is InChI=1S/C20H29N3O3S/c1-5-17-19(14-9-10-15(25-3)16(13-14)26-4)21-23(20(24)27-17)18(6-2)22-11-7-8-12-22/h9-10,13,17-18H,5-8,11-12H2,1-4H3. The van der Waals surface area contributed by atoms with E-state index in [2.05, 4.69) is 18.7 Å². The van der Waals surface area contributed by atoms with E-state index in [0.717, 1.165) is 37.2 Å². The van der Waals surface area contributed by atoms with E-state index in [1.807, 2.05) is 18.2 Å². The summed E-state index contributed by atoms with van der Waals surface area (Å²) in [5.41, 5.74) is 1.90. The van der Waals surface area contributed by atoms with Crippen LogP contribution in [0.1, 0.15) is 45.1 Å². The summed E-state index contributed by atoms with van der Waals surface area (Å²) in [7, 11) is 3.26. The summed E-state index contributed by atoms with van der Waals surface area (Å²) in [6.07, 6.45) is 4.12. The quantitative estimate of drug-likeness (QED) is 0.698. The molecule has 0 saturated carbocycles. The van der Waals surface area contributed by atoms with Crippen molar-refractivity contribution in [1.29, 1.82) is 0 Å². The summed E-state index contributed by atoms with van der Waals surface area (Å²) >= 11 is 1.38. The van der Waals surface area contributed by atoms with Gasteiger partial charge in [-0.3, -0.25) is 9.69 Å². The number of rotatable bonds is 7. The van der Waals surface area contributed by atoms with Crippen molar-refractivity contribution in [3.05, 3.63) is 23.8 Å². The predicted molar refractivity (Wildman–Crippen MR) is 110 cm³/mol. The number of methoxy groups -OCH3 is 2. The topological polar surface area (TPSA) is 54.4 Å². The van der Waals surface area contributed by atoms with Gasteiger partial charge in [-0.1, -0.05) is 25.6 Å². The predicted octanol–water partition coefficient (Wildman–Crippen LogP) is 4.19. The molecule has 1 aromatic carbocycles. The maximum Gasteiger partial charge on any atom is 0.303 e. The molecule has 1 amide bonds. The van der Waals surface area contributed by atoms with E-state index < -0.39 is 0 Å². The van der Waals surface area contributed by atoms with Gasteiger partial charge in [-0.25, -0.2) is 5.01 Å². The molecule has 2 aliphatic rings. The Morgan fingerprint density at radius 2 is 1.89 bits per heavy atom. The molecule has 2 atom stereocenters. The molecule has 2 aliphatic heterocycles. The van der Waals surface area contributed by atoms with Crippen molar-refractivity contribution < 1.29 is 14.3 Å². The smallest absolute Gasteiger partial charge is 0.303 e. The van der Waals surface area contributed by atoms with E-state index in [1.54, 1.807) is 19.2 Å². The molecule has 2 heterocycles. The highest BCUT2D eigenvalue weighted by Crippen LogP contribution is 2.34. The zero-order valence-electron chi connectivity index (χ0n) is 16.6. The summed E-state index contributed by atoms with van der Waals surface area (Å²) in [6, 6.07) is 5.84. The van der Waals surface area contributed by atoms with Crippen LogP contribution in [0.3, 0.4) is 0 Å². The van der Waals surface area contributed by atoms with Crippen LogP contribution in [-0.4, -0.2) is 59.6 Å². The first-order chi connectivity index (χ1) is 13.1. The Labute approximate surface area is 165 Å². The average molecular weight is 392 g/mol. The molecule has 7 heteroatoms. The monoisotopic (exact) mass is 391 g/mol. The van der Waals surface area contributed by atoms with Gasteiger partial charge < -0.3 is 9.47 Å². The van der Waals surface area contributed by atoms with Crippen LogP contribution in [0.25, 0.3) is 0 Å². The number of ether oxygens (including phenoxy) is 2. The van der Waals surface area contributed by atoms with Crippen LogP contribution in [0, 0.1) is 0 Å². The molecule has 6 nitrogen and oxygen atoms in total. The number of carbonyl (C=O) groups is 1. The molecule has 27 heavy (non-hydrogen) atoms. The van der Waals surface area contributed by atoms with Gasteiger partial charge in [0.25, 0.3) is 0 Å². The summed E-state index contributed by atoms with van der Waals surface area (Å²) in [4.78, 5) is 15.2. The Bertz CT molecular complexity index is 704. The Morgan fingerprint density at radius 3 is 2.48 bits per heavy atom. The van der Waals surface area contributed by atoms with Crippen molar-refractivity contribution in [2.45, 2.75) is 50.9 Å². The molecule has 0 aromatic heterocycles. The Balaban J connectivity index is 1.98. The number of benzene rings is 1. The van der Waals surface area contributed by atoms with E-state index in [-0.39, 0.29) is 16.7 Å². The van der Waals surface area contributed by atoms with E-state index >= 15 is 0 Å². The molecule has 1 saturated heterocycles. The van der Waals surface area contributed by atoms with Crippen LogP contribution in [-0.2, 0) is 0 Å². The summed E-state index contributed by atoms with van der Waals surface area (Å²) in [5, 5.41) is 6.67. The van der Waals surface area contributed by atoms with E-state index in [9.17, 15) is 4.79 Å². The molecule has 0 bridgehead atoms.